The summed E-state index contributed by atoms with van der Waals surface area (Å²) in [4.78, 5) is 38.1. The summed E-state index contributed by atoms with van der Waals surface area (Å²) in [6, 6.07) is 0. The zero-order valence-corrected chi connectivity index (χ0v) is 43.9. The van der Waals surface area contributed by atoms with E-state index in [0.29, 0.717) is 19.3 Å². The number of hydrogen-bond donors (Lipinski definition) is 0. The molecule has 0 rings (SSSR count). The second kappa shape index (κ2) is 55.2. The van der Waals surface area contributed by atoms with Gasteiger partial charge in [-0.3, -0.25) is 14.4 Å². The van der Waals surface area contributed by atoms with Crippen LogP contribution in [0.1, 0.15) is 265 Å². The highest BCUT2D eigenvalue weighted by atomic mass is 16.6. The Morgan fingerprint density at radius 1 is 0.313 bits per heavy atom. The number of carbonyl (C=O) groups is 3. The Kier molecular flexibility index (Phi) is 52.4. The molecule has 0 radical (unpaired) electrons. The van der Waals surface area contributed by atoms with Crippen LogP contribution in [0.25, 0.3) is 0 Å². The lowest BCUT2D eigenvalue weighted by Gasteiger charge is -2.18. The molecule has 0 N–H and O–H groups in total. The number of esters is 3. The predicted molar refractivity (Wildman–Crippen MR) is 288 cm³/mol. The van der Waals surface area contributed by atoms with Crippen molar-refractivity contribution in [1.29, 1.82) is 0 Å². The molecule has 0 aliphatic rings. The van der Waals surface area contributed by atoms with Crippen molar-refractivity contribution >= 4 is 17.9 Å². The van der Waals surface area contributed by atoms with Crippen LogP contribution < -0.4 is 0 Å². The second-order valence-corrected chi connectivity index (χ2v) is 18.6. The van der Waals surface area contributed by atoms with Gasteiger partial charge in [0.05, 0.1) is 0 Å². The highest BCUT2D eigenvalue weighted by Crippen LogP contribution is 2.15. The van der Waals surface area contributed by atoms with Crippen LogP contribution in [0.2, 0.25) is 0 Å². The van der Waals surface area contributed by atoms with Crippen LogP contribution >= 0.6 is 0 Å². The quantitative estimate of drug-likeness (QED) is 0.0199. The maximum Gasteiger partial charge on any atom is 0.306 e. The topological polar surface area (TPSA) is 78.9 Å². The van der Waals surface area contributed by atoms with E-state index in [1.807, 2.05) is 54.7 Å². The van der Waals surface area contributed by atoms with Crippen LogP contribution in [0, 0.1) is 0 Å². The first-order valence-electron chi connectivity index (χ1n) is 28.2. The van der Waals surface area contributed by atoms with Crippen LogP contribution in [-0.2, 0) is 28.6 Å². The first kappa shape index (κ1) is 63.6. The van der Waals surface area contributed by atoms with Gasteiger partial charge in [0, 0.05) is 19.3 Å². The molecular formula is C61H104O6. The van der Waals surface area contributed by atoms with E-state index in [1.165, 1.54) is 141 Å². The molecule has 0 spiro atoms. The van der Waals surface area contributed by atoms with Gasteiger partial charge in [-0.2, -0.15) is 0 Å². The number of rotatable bonds is 50. The molecule has 0 bridgehead atoms. The Labute approximate surface area is 414 Å². The van der Waals surface area contributed by atoms with E-state index in [1.54, 1.807) is 0 Å². The molecule has 0 aromatic rings. The van der Waals surface area contributed by atoms with E-state index in [-0.39, 0.29) is 37.5 Å². The number of ether oxygens (including phenoxy) is 3. The molecule has 0 heterocycles. The number of allylic oxidation sites excluding steroid dienone is 14. The van der Waals surface area contributed by atoms with Crippen molar-refractivity contribution in [2.24, 2.45) is 0 Å². The SMILES string of the molecule is CC/C=C/C=C/C=C/C=C/C=C/CCCC(=O)OCC(COC(=O)CCCCCCC/C=C/CCCCCCCCCCC)OC(=O)CCCCCCC/C=C/CCCCCCCCCCC. The fourth-order valence-electron chi connectivity index (χ4n) is 7.76. The van der Waals surface area contributed by atoms with E-state index in [9.17, 15) is 14.4 Å². The third-order valence-electron chi connectivity index (χ3n) is 12.0. The molecule has 67 heavy (non-hydrogen) atoms. The van der Waals surface area contributed by atoms with Gasteiger partial charge in [-0.05, 0) is 83.5 Å². The lowest BCUT2D eigenvalue weighted by atomic mass is 10.1. The molecule has 1 atom stereocenters. The van der Waals surface area contributed by atoms with E-state index in [0.717, 1.165) is 77.0 Å². The third-order valence-corrected chi connectivity index (χ3v) is 12.0. The van der Waals surface area contributed by atoms with E-state index in [4.69, 9.17) is 14.2 Å². The molecule has 384 valence electrons. The minimum absolute atomic E-state index is 0.107. The van der Waals surface area contributed by atoms with Crippen molar-refractivity contribution in [3.63, 3.8) is 0 Å². The van der Waals surface area contributed by atoms with E-state index in [2.05, 4.69) is 51.2 Å². The number of unbranched alkanes of at least 4 members (excludes halogenated alkanes) is 29. The molecule has 0 fully saturated rings. The summed E-state index contributed by atoms with van der Waals surface area (Å²) >= 11 is 0. The molecule has 0 saturated carbocycles. The molecular weight excluding hydrogens is 829 g/mol. The summed E-state index contributed by atoms with van der Waals surface area (Å²) in [5, 5.41) is 0. The van der Waals surface area contributed by atoms with Crippen molar-refractivity contribution < 1.29 is 28.6 Å². The first-order chi connectivity index (χ1) is 33.0. The van der Waals surface area contributed by atoms with Gasteiger partial charge in [-0.1, -0.05) is 247 Å². The lowest BCUT2D eigenvalue weighted by Crippen LogP contribution is -2.30. The Bertz CT molecular complexity index is 1300. The number of hydrogen-bond acceptors (Lipinski definition) is 6. The highest BCUT2D eigenvalue weighted by Gasteiger charge is 2.19. The average Bonchev–Trinajstić information content (AvgIpc) is 3.33. The van der Waals surface area contributed by atoms with Gasteiger partial charge >= 0.3 is 17.9 Å². The van der Waals surface area contributed by atoms with E-state index >= 15 is 0 Å². The molecule has 0 aromatic carbocycles. The molecule has 0 saturated heterocycles. The van der Waals surface area contributed by atoms with Crippen LogP contribution in [0.4, 0.5) is 0 Å². The molecule has 0 aliphatic carbocycles. The van der Waals surface area contributed by atoms with Crippen LogP contribution in [0.15, 0.2) is 85.1 Å². The summed E-state index contributed by atoms with van der Waals surface area (Å²) in [5.74, 6) is -0.995. The van der Waals surface area contributed by atoms with Gasteiger partial charge in [0.1, 0.15) is 13.2 Å². The minimum Gasteiger partial charge on any atom is -0.462 e. The fourth-order valence-corrected chi connectivity index (χ4v) is 7.76. The van der Waals surface area contributed by atoms with Gasteiger partial charge in [-0.25, -0.2) is 0 Å². The van der Waals surface area contributed by atoms with Crippen molar-refractivity contribution in [2.75, 3.05) is 13.2 Å². The lowest BCUT2D eigenvalue weighted by molar-refractivity contribution is -0.167. The highest BCUT2D eigenvalue weighted by molar-refractivity contribution is 5.71. The Morgan fingerprint density at radius 2 is 0.612 bits per heavy atom. The van der Waals surface area contributed by atoms with E-state index < -0.39 is 6.10 Å². The summed E-state index contributed by atoms with van der Waals surface area (Å²) in [6.45, 7) is 6.43. The second-order valence-electron chi connectivity index (χ2n) is 18.6. The summed E-state index contributed by atoms with van der Waals surface area (Å²) in [5.41, 5.74) is 0. The Hall–Kier alpha value is -3.41. The molecule has 0 aliphatic heterocycles. The van der Waals surface area contributed by atoms with Gasteiger partial charge in [0.15, 0.2) is 6.10 Å². The van der Waals surface area contributed by atoms with Crippen molar-refractivity contribution in [2.45, 2.75) is 271 Å². The van der Waals surface area contributed by atoms with Gasteiger partial charge in [-0.15, -0.1) is 0 Å². The van der Waals surface area contributed by atoms with Gasteiger partial charge in [0.2, 0.25) is 0 Å². The first-order valence-corrected chi connectivity index (χ1v) is 28.2. The standard InChI is InChI=1S/C61H104O6/c1-4-7-10-13-16-19-22-25-27-29-31-33-36-39-42-45-48-51-54-60(63)66-57-58(56-65-59(62)53-50-47-44-41-38-35-24-21-18-15-12-9-6-3)67-61(64)55-52-49-46-43-40-37-34-32-30-28-26-23-20-17-14-11-8-5-2/h9,12,15,18,21,24,31-35,38,41,44,58H,4-8,10-11,13-14,16-17,19-20,22-23,25-30,36-37,39-40,42-43,45-57H2,1-3H3/b12-9+,18-15+,24-21+,33-31+,34-32+,38-35+,44-41+. The average molecular weight is 933 g/mol. The fraction of sp³-hybridized carbons (Fsp3) is 0.721. The summed E-state index contributed by atoms with van der Waals surface area (Å²) < 4.78 is 16.8. The van der Waals surface area contributed by atoms with Crippen molar-refractivity contribution in [3.8, 4) is 0 Å². The van der Waals surface area contributed by atoms with Gasteiger partial charge < -0.3 is 14.2 Å². The van der Waals surface area contributed by atoms with Gasteiger partial charge in [0.25, 0.3) is 0 Å². The maximum absolute atomic E-state index is 12.8. The molecule has 0 aromatic heterocycles. The normalized spacial score (nSPS) is 12.7. The van der Waals surface area contributed by atoms with Crippen LogP contribution in [0.3, 0.4) is 0 Å². The van der Waals surface area contributed by atoms with Crippen LogP contribution in [-0.4, -0.2) is 37.2 Å². The summed E-state index contributed by atoms with van der Waals surface area (Å²) in [6.07, 6.45) is 71.6. The third kappa shape index (κ3) is 53.4. The Morgan fingerprint density at radius 3 is 1.00 bits per heavy atom. The Balaban J connectivity index is 4.46. The molecule has 6 nitrogen and oxygen atoms in total. The zero-order chi connectivity index (χ0) is 48.6. The van der Waals surface area contributed by atoms with Crippen LogP contribution in [0.5, 0.6) is 0 Å². The smallest absolute Gasteiger partial charge is 0.306 e. The predicted octanol–water partition coefficient (Wildman–Crippen LogP) is 18.8. The zero-order valence-electron chi connectivity index (χ0n) is 43.9. The minimum atomic E-state index is -0.813. The molecule has 1 unspecified atom stereocenters. The van der Waals surface area contributed by atoms with Crippen molar-refractivity contribution in [1.82, 2.24) is 0 Å². The summed E-state index contributed by atoms with van der Waals surface area (Å²) in [7, 11) is 0. The maximum atomic E-state index is 12.8. The molecule has 6 heteroatoms. The number of carbonyl (C=O) groups excluding carboxylic acids is 3. The molecule has 0 amide bonds. The van der Waals surface area contributed by atoms with Crippen molar-refractivity contribution in [3.05, 3.63) is 85.1 Å². The largest absolute Gasteiger partial charge is 0.462 e. The monoisotopic (exact) mass is 933 g/mol.